The molecule has 1 aromatic heterocycles. The van der Waals surface area contributed by atoms with Gasteiger partial charge >= 0.3 is 0 Å². The standard InChI is InChI=1S/C11H17BrN2OS/c1-8(2)14(3)6-5-13-11(15)10-9(12)4-7-16-10/h4,7-8H,5-6H2,1-3H3,(H,13,15). The van der Waals surface area contributed by atoms with Gasteiger partial charge in [-0.3, -0.25) is 4.79 Å². The fraction of sp³-hybridized carbons (Fsp3) is 0.545. The van der Waals surface area contributed by atoms with Crippen molar-refractivity contribution in [2.45, 2.75) is 19.9 Å². The summed E-state index contributed by atoms with van der Waals surface area (Å²) in [5, 5.41) is 4.81. The second-order valence-corrected chi connectivity index (χ2v) is 5.70. The number of carbonyl (C=O) groups excluding carboxylic acids is 1. The number of nitrogens with one attached hydrogen (secondary N) is 1. The molecule has 0 radical (unpaired) electrons. The summed E-state index contributed by atoms with van der Waals surface area (Å²) in [4.78, 5) is 14.7. The second-order valence-electron chi connectivity index (χ2n) is 3.93. The minimum atomic E-state index is -0.000897. The highest BCUT2D eigenvalue weighted by atomic mass is 79.9. The van der Waals surface area contributed by atoms with E-state index in [2.05, 4.69) is 47.0 Å². The summed E-state index contributed by atoms with van der Waals surface area (Å²) in [7, 11) is 2.05. The van der Waals surface area contributed by atoms with Crippen LogP contribution in [0.1, 0.15) is 23.5 Å². The number of halogens is 1. The Kier molecular flexibility index (Phi) is 5.44. The lowest BCUT2D eigenvalue weighted by atomic mass is 10.3. The molecular weight excluding hydrogens is 288 g/mol. The van der Waals surface area contributed by atoms with Gasteiger partial charge in [0.25, 0.3) is 5.91 Å². The average molecular weight is 305 g/mol. The topological polar surface area (TPSA) is 32.3 Å². The van der Waals surface area contributed by atoms with E-state index in [0.717, 1.165) is 15.9 Å². The summed E-state index contributed by atoms with van der Waals surface area (Å²) in [5.74, 6) is -0.000897. The number of carbonyl (C=O) groups is 1. The van der Waals surface area contributed by atoms with Crippen LogP contribution in [0.4, 0.5) is 0 Å². The molecule has 0 unspecified atom stereocenters. The second kappa shape index (κ2) is 6.37. The average Bonchev–Trinajstić information content (AvgIpc) is 2.64. The monoisotopic (exact) mass is 304 g/mol. The highest BCUT2D eigenvalue weighted by molar-refractivity contribution is 9.10. The normalized spacial score (nSPS) is 11.1. The molecule has 3 nitrogen and oxygen atoms in total. The number of nitrogens with zero attached hydrogens (tertiary/aromatic N) is 1. The van der Waals surface area contributed by atoms with E-state index in [-0.39, 0.29) is 5.91 Å². The first-order chi connectivity index (χ1) is 7.52. The Bertz CT molecular complexity index is 352. The van der Waals surface area contributed by atoms with Crippen LogP contribution in [-0.4, -0.2) is 37.0 Å². The third kappa shape index (κ3) is 3.88. The fourth-order valence-corrected chi connectivity index (χ4v) is 2.61. The summed E-state index contributed by atoms with van der Waals surface area (Å²) in [5.41, 5.74) is 0. The van der Waals surface area contributed by atoms with E-state index in [0.29, 0.717) is 12.6 Å². The lowest BCUT2D eigenvalue weighted by Crippen LogP contribution is -2.35. The quantitative estimate of drug-likeness (QED) is 0.907. The highest BCUT2D eigenvalue weighted by Crippen LogP contribution is 2.22. The van der Waals surface area contributed by atoms with Crippen LogP contribution in [0.15, 0.2) is 15.9 Å². The van der Waals surface area contributed by atoms with Crippen LogP contribution in [0, 0.1) is 0 Å². The molecule has 0 spiro atoms. The zero-order valence-electron chi connectivity index (χ0n) is 9.79. The van der Waals surface area contributed by atoms with E-state index >= 15 is 0 Å². The summed E-state index contributed by atoms with van der Waals surface area (Å²) in [6, 6.07) is 2.39. The third-order valence-electron chi connectivity index (χ3n) is 2.46. The van der Waals surface area contributed by atoms with E-state index < -0.39 is 0 Å². The highest BCUT2D eigenvalue weighted by Gasteiger charge is 2.11. The summed E-state index contributed by atoms with van der Waals surface area (Å²) in [6.07, 6.45) is 0. The molecule has 1 rings (SSSR count). The van der Waals surface area contributed by atoms with Gasteiger partial charge < -0.3 is 10.2 Å². The van der Waals surface area contributed by atoms with Gasteiger partial charge in [0.05, 0.1) is 0 Å². The van der Waals surface area contributed by atoms with Crippen molar-refractivity contribution in [1.29, 1.82) is 0 Å². The van der Waals surface area contributed by atoms with Crippen molar-refractivity contribution >= 4 is 33.2 Å². The molecule has 0 aliphatic carbocycles. The van der Waals surface area contributed by atoms with Crippen LogP contribution in [0.5, 0.6) is 0 Å². The van der Waals surface area contributed by atoms with Crippen LogP contribution in [0.3, 0.4) is 0 Å². The van der Waals surface area contributed by atoms with Crippen molar-refractivity contribution in [3.63, 3.8) is 0 Å². The molecule has 0 aliphatic heterocycles. The van der Waals surface area contributed by atoms with Gasteiger partial charge in [-0.2, -0.15) is 0 Å². The Labute approximate surface area is 109 Å². The zero-order valence-corrected chi connectivity index (χ0v) is 12.2. The van der Waals surface area contributed by atoms with Gasteiger partial charge in [0.1, 0.15) is 4.88 Å². The number of likely N-dealkylation sites (N-methyl/N-ethyl adjacent to an activating group) is 1. The SMILES string of the molecule is CC(C)N(C)CCNC(=O)c1sccc1Br. The molecular formula is C11H17BrN2OS. The Hall–Kier alpha value is -0.390. The Balaban J connectivity index is 2.34. The maximum atomic E-state index is 11.7. The fourth-order valence-electron chi connectivity index (χ4n) is 1.14. The Morgan fingerprint density at radius 3 is 2.81 bits per heavy atom. The lowest BCUT2D eigenvalue weighted by Gasteiger charge is -2.20. The molecule has 0 aliphatic rings. The molecule has 1 amide bonds. The van der Waals surface area contributed by atoms with Gasteiger partial charge in [0.2, 0.25) is 0 Å². The Morgan fingerprint density at radius 2 is 2.31 bits per heavy atom. The van der Waals surface area contributed by atoms with Crippen molar-refractivity contribution < 1.29 is 4.79 Å². The summed E-state index contributed by atoms with van der Waals surface area (Å²) in [6.45, 7) is 5.82. The van der Waals surface area contributed by atoms with Gasteiger partial charge in [-0.1, -0.05) is 0 Å². The minimum Gasteiger partial charge on any atom is -0.350 e. The van der Waals surface area contributed by atoms with Gasteiger partial charge in [-0.15, -0.1) is 11.3 Å². The predicted molar refractivity (Wildman–Crippen MR) is 72.1 cm³/mol. The molecule has 1 N–H and O–H groups in total. The molecule has 1 heterocycles. The maximum Gasteiger partial charge on any atom is 0.262 e. The number of amides is 1. The van der Waals surface area contributed by atoms with Crippen LogP contribution in [-0.2, 0) is 0 Å². The minimum absolute atomic E-state index is 0.000897. The lowest BCUT2D eigenvalue weighted by molar-refractivity contribution is 0.0951. The zero-order chi connectivity index (χ0) is 12.1. The van der Waals surface area contributed by atoms with Crippen molar-refractivity contribution in [2.75, 3.05) is 20.1 Å². The van der Waals surface area contributed by atoms with E-state index in [1.807, 2.05) is 11.4 Å². The molecule has 16 heavy (non-hydrogen) atoms. The van der Waals surface area contributed by atoms with Gasteiger partial charge in [-0.25, -0.2) is 0 Å². The predicted octanol–water partition coefficient (Wildman–Crippen LogP) is 2.58. The third-order valence-corrected chi connectivity index (χ3v) is 4.29. The number of rotatable bonds is 5. The molecule has 0 fully saturated rings. The van der Waals surface area contributed by atoms with Crippen LogP contribution < -0.4 is 5.32 Å². The first-order valence-electron chi connectivity index (χ1n) is 5.23. The van der Waals surface area contributed by atoms with Crippen molar-refractivity contribution in [3.05, 3.63) is 20.8 Å². The van der Waals surface area contributed by atoms with Gasteiger partial charge in [0, 0.05) is 23.6 Å². The number of hydrogen-bond acceptors (Lipinski definition) is 3. The first-order valence-corrected chi connectivity index (χ1v) is 6.91. The molecule has 0 atom stereocenters. The molecule has 1 aromatic rings. The first kappa shape index (κ1) is 13.7. The van der Waals surface area contributed by atoms with Gasteiger partial charge in [-0.05, 0) is 48.3 Å². The van der Waals surface area contributed by atoms with E-state index in [4.69, 9.17) is 0 Å². The summed E-state index contributed by atoms with van der Waals surface area (Å²) < 4.78 is 0.868. The van der Waals surface area contributed by atoms with Crippen LogP contribution >= 0.6 is 27.3 Å². The molecule has 0 saturated heterocycles. The number of thiophene rings is 1. The van der Waals surface area contributed by atoms with Gasteiger partial charge in [0.15, 0.2) is 0 Å². The van der Waals surface area contributed by atoms with Crippen LogP contribution in [0.25, 0.3) is 0 Å². The van der Waals surface area contributed by atoms with E-state index in [9.17, 15) is 4.79 Å². The molecule has 90 valence electrons. The smallest absolute Gasteiger partial charge is 0.262 e. The van der Waals surface area contributed by atoms with E-state index in [1.54, 1.807) is 0 Å². The Morgan fingerprint density at radius 1 is 1.62 bits per heavy atom. The number of hydrogen-bond donors (Lipinski definition) is 1. The molecule has 0 saturated carbocycles. The molecule has 5 heteroatoms. The largest absolute Gasteiger partial charge is 0.350 e. The maximum absolute atomic E-state index is 11.7. The van der Waals surface area contributed by atoms with Crippen LogP contribution in [0.2, 0.25) is 0 Å². The molecule has 0 aromatic carbocycles. The van der Waals surface area contributed by atoms with Crippen molar-refractivity contribution in [3.8, 4) is 0 Å². The van der Waals surface area contributed by atoms with Crippen molar-refractivity contribution in [2.24, 2.45) is 0 Å². The van der Waals surface area contributed by atoms with Crippen molar-refractivity contribution in [1.82, 2.24) is 10.2 Å². The summed E-state index contributed by atoms with van der Waals surface area (Å²) >= 11 is 4.80. The molecule has 0 bridgehead atoms. The van der Waals surface area contributed by atoms with E-state index in [1.165, 1.54) is 11.3 Å².